The molecule has 0 aliphatic heterocycles. The summed E-state index contributed by atoms with van der Waals surface area (Å²) in [6.45, 7) is 3.75. The largest absolute Gasteiger partial charge is 0.103 e. The van der Waals surface area contributed by atoms with E-state index in [0.717, 1.165) is 6.42 Å². The standard InChI is InChI=1S/C15H16/c1-2-6-13-9-11-15(12-10-13)14-7-4-3-5-8-14/h2,4,7-12H,1,3,5-6H2. The molecule has 1 aliphatic rings. The van der Waals surface area contributed by atoms with Gasteiger partial charge in [-0.1, -0.05) is 48.6 Å². The summed E-state index contributed by atoms with van der Waals surface area (Å²) >= 11 is 0. The highest BCUT2D eigenvalue weighted by Gasteiger charge is 2.00. The molecule has 0 radical (unpaired) electrons. The summed E-state index contributed by atoms with van der Waals surface area (Å²) in [5.74, 6) is 0. The Morgan fingerprint density at radius 2 is 1.93 bits per heavy atom. The predicted octanol–water partition coefficient (Wildman–Crippen LogP) is 4.15. The quantitative estimate of drug-likeness (QED) is 0.637. The normalized spacial score (nSPS) is 14.8. The molecule has 0 saturated heterocycles. The van der Waals surface area contributed by atoms with Gasteiger partial charge in [0.1, 0.15) is 0 Å². The average molecular weight is 196 g/mol. The molecule has 0 heterocycles. The van der Waals surface area contributed by atoms with Crippen molar-refractivity contribution in [1.29, 1.82) is 0 Å². The SMILES string of the molecule is C=CCc1ccc(C2=CCCC=C2)cc1. The van der Waals surface area contributed by atoms with Crippen molar-refractivity contribution >= 4 is 5.57 Å². The molecule has 0 unspecified atom stereocenters. The summed E-state index contributed by atoms with van der Waals surface area (Å²) in [5.41, 5.74) is 4.00. The predicted molar refractivity (Wildman–Crippen MR) is 66.7 cm³/mol. The highest BCUT2D eigenvalue weighted by Crippen LogP contribution is 2.21. The molecule has 1 aliphatic carbocycles. The maximum Gasteiger partial charge on any atom is -0.0100 e. The first kappa shape index (κ1) is 9.97. The molecule has 0 nitrogen and oxygen atoms in total. The van der Waals surface area contributed by atoms with Crippen LogP contribution in [-0.2, 0) is 6.42 Å². The van der Waals surface area contributed by atoms with Crippen molar-refractivity contribution in [3.63, 3.8) is 0 Å². The van der Waals surface area contributed by atoms with Gasteiger partial charge >= 0.3 is 0 Å². The van der Waals surface area contributed by atoms with Crippen molar-refractivity contribution < 1.29 is 0 Å². The van der Waals surface area contributed by atoms with Crippen LogP contribution in [0, 0.1) is 0 Å². The molecule has 0 atom stereocenters. The van der Waals surface area contributed by atoms with Gasteiger partial charge < -0.3 is 0 Å². The first-order valence-corrected chi connectivity index (χ1v) is 5.47. The molecule has 2 rings (SSSR count). The molecule has 0 heteroatoms. The van der Waals surface area contributed by atoms with Gasteiger partial charge in [0.25, 0.3) is 0 Å². The van der Waals surface area contributed by atoms with E-state index in [4.69, 9.17) is 0 Å². The Kier molecular flexibility index (Phi) is 3.18. The Bertz CT molecular complexity index is 391. The molecule has 0 N–H and O–H groups in total. The van der Waals surface area contributed by atoms with E-state index in [2.05, 4.69) is 49.1 Å². The van der Waals surface area contributed by atoms with E-state index in [9.17, 15) is 0 Å². The van der Waals surface area contributed by atoms with E-state index in [0.29, 0.717) is 0 Å². The molecule has 0 saturated carbocycles. The van der Waals surface area contributed by atoms with Gasteiger partial charge in [0.15, 0.2) is 0 Å². The van der Waals surface area contributed by atoms with E-state index in [-0.39, 0.29) is 0 Å². The second-order valence-electron chi connectivity index (χ2n) is 3.83. The van der Waals surface area contributed by atoms with Gasteiger partial charge in [-0.2, -0.15) is 0 Å². The maximum absolute atomic E-state index is 3.75. The summed E-state index contributed by atoms with van der Waals surface area (Å²) in [6.07, 6.45) is 12.0. The molecule has 0 fully saturated rings. The molecule has 1 aromatic carbocycles. The summed E-state index contributed by atoms with van der Waals surface area (Å²) in [6, 6.07) is 8.75. The third kappa shape index (κ3) is 2.47. The van der Waals surface area contributed by atoms with Crippen LogP contribution in [-0.4, -0.2) is 0 Å². The lowest BCUT2D eigenvalue weighted by atomic mass is 9.98. The van der Waals surface area contributed by atoms with Crippen LogP contribution in [0.4, 0.5) is 0 Å². The Morgan fingerprint density at radius 1 is 1.13 bits per heavy atom. The summed E-state index contributed by atoms with van der Waals surface area (Å²) in [4.78, 5) is 0. The lowest BCUT2D eigenvalue weighted by molar-refractivity contribution is 1.04. The van der Waals surface area contributed by atoms with Crippen LogP contribution >= 0.6 is 0 Å². The number of benzene rings is 1. The van der Waals surface area contributed by atoms with E-state index in [1.807, 2.05) is 6.08 Å². The van der Waals surface area contributed by atoms with Gasteiger partial charge in [0, 0.05) is 0 Å². The third-order valence-corrected chi connectivity index (χ3v) is 2.66. The highest BCUT2D eigenvalue weighted by atomic mass is 14.1. The van der Waals surface area contributed by atoms with Crippen LogP contribution in [0.3, 0.4) is 0 Å². The smallest absolute Gasteiger partial charge is 0.0100 e. The molecule has 1 aromatic rings. The van der Waals surface area contributed by atoms with Gasteiger partial charge in [-0.3, -0.25) is 0 Å². The van der Waals surface area contributed by atoms with E-state index >= 15 is 0 Å². The van der Waals surface area contributed by atoms with E-state index < -0.39 is 0 Å². The Morgan fingerprint density at radius 3 is 2.53 bits per heavy atom. The Labute approximate surface area is 91.6 Å². The van der Waals surface area contributed by atoms with Gasteiger partial charge in [-0.25, -0.2) is 0 Å². The molecular weight excluding hydrogens is 180 g/mol. The molecule has 0 amide bonds. The molecule has 76 valence electrons. The summed E-state index contributed by atoms with van der Waals surface area (Å²) in [5, 5.41) is 0. The zero-order chi connectivity index (χ0) is 10.5. The van der Waals surface area contributed by atoms with Gasteiger partial charge in [-0.05, 0) is 36.0 Å². The van der Waals surface area contributed by atoms with Gasteiger partial charge in [0.2, 0.25) is 0 Å². The maximum atomic E-state index is 3.75. The second kappa shape index (κ2) is 4.79. The first-order valence-electron chi connectivity index (χ1n) is 5.47. The fraction of sp³-hybridized carbons (Fsp3) is 0.200. The van der Waals surface area contributed by atoms with Crippen LogP contribution < -0.4 is 0 Å². The highest BCUT2D eigenvalue weighted by molar-refractivity contribution is 5.74. The third-order valence-electron chi connectivity index (χ3n) is 2.66. The van der Waals surface area contributed by atoms with E-state index in [1.54, 1.807) is 0 Å². The molecular formula is C15H16. The zero-order valence-electron chi connectivity index (χ0n) is 8.95. The van der Waals surface area contributed by atoms with Gasteiger partial charge in [0.05, 0.1) is 0 Å². The van der Waals surface area contributed by atoms with Crippen molar-refractivity contribution in [1.82, 2.24) is 0 Å². The lowest BCUT2D eigenvalue weighted by Crippen LogP contribution is -1.87. The van der Waals surface area contributed by atoms with Crippen molar-refractivity contribution in [2.45, 2.75) is 19.3 Å². The number of rotatable bonds is 3. The molecule has 15 heavy (non-hydrogen) atoms. The number of hydrogen-bond donors (Lipinski definition) is 0. The number of allylic oxidation sites excluding steroid dienone is 5. The van der Waals surface area contributed by atoms with Crippen LogP contribution in [0.5, 0.6) is 0 Å². The first-order chi connectivity index (χ1) is 7.40. The minimum atomic E-state index is 0.954. The van der Waals surface area contributed by atoms with Crippen LogP contribution in [0.15, 0.2) is 55.1 Å². The van der Waals surface area contributed by atoms with Crippen LogP contribution in [0.25, 0.3) is 5.57 Å². The average Bonchev–Trinajstić information content (AvgIpc) is 2.32. The zero-order valence-corrected chi connectivity index (χ0v) is 8.95. The topological polar surface area (TPSA) is 0 Å². The molecule has 0 spiro atoms. The van der Waals surface area contributed by atoms with Crippen LogP contribution in [0.1, 0.15) is 24.0 Å². The summed E-state index contributed by atoms with van der Waals surface area (Å²) in [7, 11) is 0. The van der Waals surface area contributed by atoms with Crippen molar-refractivity contribution in [3.05, 3.63) is 66.3 Å². The molecule has 0 bridgehead atoms. The second-order valence-corrected chi connectivity index (χ2v) is 3.83. The van der Waals surface area contributed by atoms with Crippen LogP contribution in [0.2, 0.25) is 0 Å². The number of hydrogen-bond acceptors (Lipinski definition) is 0. The fourth-order valence-electron chi connectivity index (χ4n) is 1.83. The van der Waals surface area contributed by atoms with Gasteiger partial charge in [-0.15, -0.1) is 6.58 Å². The monoisotopic (exact) mass is 196 g/mol. The summed E-state index contributed by atoms with van der Waals surface area (Å²) < 4.78 is 0. The minimum absolute atomic E-state index is 0.954. The minimum Gasteiger partial charge on any atom is -0.103 e. The fourth-order valence-corrected chi connectivity index (χ4v) is 1.83. The Balaban J connectivity index is 2.19. The van der Waals surface area contributed by atoms with E-state index in [1.165, 1.54) is 29.5 Å². The van der Waals surface area contributed by atoms with Crippen molar-refractivity contribution in [2.24, 2.45) is 0 Å². The lowest BCUT2D eigenvalue weighted by Gasteiger charge is -2.07. The van der Waals surface area contributed by atoms with Crippen molar-refractivity contribution in [2.75, 3.05) is 0 Å². The Hall–Kier alpha value is -1.56. The van der Waals surface area contributed by atoms with Crippen molar-refractivity contribution in [3.8, 4) is 0 Å². The molecule has 0 aromatic heterocycles.